The highest BCUT2D eigenvalue weighted by atomic mass is 127. The van der Waals surface area contributed by atoms with Crippen LogP contribution >= 0.6 is 22.6 Å². The second kappa shape index (κ2) is 5.04. The van der Waals surface area contributed by atoms with E-state index in [4.69, 9.17) is 9.47 Å². The highest BCUT2D eigenvalue weighted by molar-refractivity contribution is 14.1. The molecule has 0 radical (unpaired) electrons. The Morgan fingerprint density at radius 3 is 2.64 bits per heavy atom. The molecule has 1 heterocycles. The fraction of sp³-hybridized carbons (Fsp3) is 0.500. The standard InChI is InChI=1S/C10H14INO2/c1-10(2,14-7-13-3)9-5-4-8(11)6-12-9/h4-6H,7H2,1-3H3. The number of rotatable bonds is 4. The molecule has 14 heavy (non-hydrogen) atoms. The molecule has 0 aromatic carbocycles. The maximum atomic E-state index is 5.52. The van der Waals surface area contributed by atoms with Crippen LogP contribution in [-0.4, -0.2) is 18.9 Å². The van der Waals surface area contributed by atoms with E-state index in [9.17, 15) is 0 Å². The van der Waals surface area contributed by atoms with Crippen LogP contribution in [0.25, 0.3) is 0 Å². The van der Waals surface area contributed by atoms with Crippen molar-refractivity contribution < 1.29 is 9.47 Å². The van der Waals surface area contributed by atoms with Crippen molar-refractivity contribution in [2.45, 2.75) is 19.4 Å². The predicted octanol–water partition coefficient (Wildman–Crippen LogP) is 2.54. The third kappa shape index (κ3) is 3.18. The lowest BCUT2D eigenvalue weighted by Crippen LogP contribution is -2.24. The van der Waals surface area contributed by atoms with E-state index in [0.717, 1.165) is 9.26 Å². The summed E-state index contributed by atoms with van der Waals surface area (Å²) in [6.07, 6.45) is 1.83. The zero-order valence-corrected chi connectivity index (χ0v) is 10.7. The first-order valence-electron chi connectivity index (χ1n) is 4.31. The molecule has 0 aliphatic rings. The molecule has 1 aromatic rings. The molecule has 0 atom stereocenters. The summed E-state index contributed by atoms with van der Waals surface area (Å²) in [6.45, 7) is 4.23. The number of methoxy groups -OCH3 is 1. The number of nitrogens with zero attached hydrogens (tertiary/aromatic N) is 1. The van der Waals surface area contributed by atoms with Crippen molar-refractivity contribution in [2.24, 2.45) is 0 Å². The molecular formula is C10H14INO2. The zero-order valence-electron chi connectivity index (χ0n) is 8.58. The van der Waals surface area contributed by atoms with Gasteiger partial charge in [0.2, 0.25) is 0 Å². The third-order valence-corrected chi connectivity index (χ3v) is 2.52. The molecule has 3 nitrogen and oxygen atoms in total. The van der Waals surface area contributed by atoms with E-state index in [2.05, 4.69) is 27.6 Å². The van der Waals surface area contributed by atoms with Crippen LogP contribution in [0.15, 0.2) is 18.3 Å². The molecule has 1 rings (SSSR count). The van der Waals surface area contributed by atoms with E-state index in [-0.39, 0.29) is 6.79 Å². The molecule has 0 aliphatic carbocycles. The average molecular weight is 307 g/mol. The zero-order chi connectivity index (χ0) is 10.6. The van der Waals surface area contributed by atoms with Gasteiger partial charge in [-0.2, -0.15) is 0 Å². The minimum atomic E-state index is -0.402. The Balaban J connectivity index is 2.75. The number of ether oxygens (including phenoxy) is 2. The fourth-order valence-corrected chi connectivity index (χ4v) is 1.33. The van der Waals surface area contributed by atoms with Gasteiger partial charge in [0.1, 0.15) is 12.4 Å². The lowest BCUT2D eigenvalue weighted by molar-refractivity contribution is -0.120. The molecular weight excluding hydrogens is 293 g/mol. The van der Waals surface area contributed by atoms with Crippen molar-refractivity contribution in [1.29, 1.82) is 0 Å². The number of halogens is 1. The van der Waals surface area contributed by atoms with E-state index < -0.39 is 5.60 Å². The molecule has 0 aliphatic heterocycles. The Hall–Kier alpha value is -0.200. The van der Waals surface area contributed by atoms with Crippen LogP contribution in [0.1, 0.15) is 19.5 Å². The van der Waals surface area contributed by atoms with Crippen molar-refractivity contribution >= 4 is 22.6 Å². The van der Waals surface area contributed by atoms with Gasteiger partial charge in [-0.25, -0.2) is 0 Å². The van der Waals surface area contributed by atoms with Crippen LogP contribution < -0.4 is 0 Å². The minimum Gasteiger partial charge on any atom is -0.359 e. The van der Waals surface area contributed by atoms with Gasteiger partial charge in [0.05, 0.1) is 5.69 Å². The van der Waals surface area contributed by atoms with Crippen molar-refractivity contribution in [3.8, 4) is 0 Å². The molecule has 0 saturated carbocycles. The Morgan fingerprint density at radius 1 is 1.43 bits per heavy atom. The minimum absolute atomic E-state index is 0.278. The second-order valence-electron chi connectivity index (χ2n) is 3.42. The van der Waals surface area contributed by atoms with E-state index in [0.29, 0.717) is 0 Å². The summed E-state index contributed by atoms with van der Waals surface area (Å²) in [5, 5.41) is 0. The van der Waals surface area contributed by atoms with Gasteiger partial charge in [0.25, 0.3) is 0 Å². The second-order valence-corrected chi connectivity index (χ2v) is 4.67. The highest BCUT2D eigenvalue weighted by Crippen LogP contribution is 2.22. The topological polar surface area (TPSA) is 31.4 Å². The SMILES string of the molecule is COCOC(C)(C)c1ccc(I)cn1. The van der Waals surface area contributed by atoms with E-state index >= 15 is 0 Å². The van der Waals surface area contributed by atoms with E-state index in [1.165, 1.54) is 0 Å². The van der Waals surface area contributed by atoms with Crippen LogP contribution in [0.2, 0.25) is 0 Å². The van der Waals surface area contributed by atoms with Gasteiger partial charge in [-0.3, -0.25) is 4.98 Å². The van der Waals surface area contributed by atoms with Crippen LogP contribution in [-0.2, 0) is 15.1 Å². The molecule has 0 saturated heterocycles. The van der Waals surface area contributed by atoms with E-state index in [1.54, 1.807) is 7.11 Å². The molecule has 0 amide bonds. The van der Waals surface area contributed by atoms with Crippen molar-refractivity contribution in [2.75, 3.05) is 13.9 Å². The van der Waals surface area contributed by atoms with Crippen molar-refractivity contribution in [1.82, 2.24) is 4.98 Å². The first-order chi connectivity index (χ1) is 6.56. The number of hydrogen-bond donors (Lipinski definition) is 0. The van der Waals surface area contributed by atoms with Crippen molar-refractivity contribution in [3.05, 3.63) is 27.6 Å². The quantitative estimate of drug-likeness (QED) is 0.633. The maximum absolute atomic E-state index is 5.52. The maximum Gasteiger partial charge on any atom is 0.147 e. The van der Waals surface area contributed by atoms with E-state index in [1.807, 2.05) is 32.2 Å². The molecule has 4 heteroatoms. The Bertz CT molecular complexity index is 285. The first-order valence-corrected chi connectivity index (χ1v) is 5.39. The van der Waals surface area contributed by atoms with Gasteiger partial charge in [-0.15, -0.1) is 0 Å². The van der Waals surface area contributed by atoms with Crippen molar-refractivity contribution in [3.63, 3.8) is 0 Å². The van der Waals surface area contributed by atoms with Gasteiger partial charge in [0.15, 0.2) is 0 Å². The summed E-state index contributed by atoms with van der Waals surface area (Å²) in [7, 11) is 1.61. The largest absolute Gasteiger partial charge is 0.359 e. The molecule has 0 spiro atoms. The van der Waals surface area contributed by atoms with Crippen LogP contribution in [0.5, 0.6) is 0 Å². The van der Waals surface area contributed by atoms with Gasteiger partial charge >= 0.3 is 0 Å². The van der Waals surface area contributed by atoms with Gasteiger partial charge in [-0.1, -0.05) is 0 Å². The summed E-state index contributed by atoms with van der Waals surface area (Å²) >= 11 is 2.23. The lowest BCUT2D eigenvalue weighted by atomic mass is 10.0. The number of aromatic nitrogens is 1. The fourth-order valence-electron chi connectivity index (χ4n) is 1.01. The Labute approximate surface area is 98.0 Å². The molecule has 78 valence electrons. The van der Waals surface area contributed by atoms with Gasteiger partial charge in [0, 0.05) is 16.9 Å². The molecule has 0 bridgehead atoms. The average Bonchev–Trinajstić information content (AvgIpc) is 2.16. The van der Waals surface area contributed by atoms with Gasteiger partial charge < -0.3 is 9.47 Å². The Kier molecular flexibility index (Phi) is 4.28. The summed E-state index contributed by atoms with van der Waals surface area (Å²) in [5.41, 5.74) is 0.510. The monoisotopic (exact) mass is 307 g/mol. The summed E-state index contributed by atoms with van der Waals surface area (Å²) in [4.78, 5) is 4.31. The summed E-state index contributed by atoms with van der Waals surface area (Å²) in [6, 6.07) is 3.98. The first kappa shape index (κ1) is 11.9. The highest BCUT2D eigenvalue weighted by Gasteiger charge is 2.22. The lowest BCUT2D eigenvalue weighted by Gasteiger charge is -2.24. The molecule has 0 fully saturated rings. The molecule has 1 aromatic heterocycles. The van der Waals surface area contributed by atoms with Crippen LogP contribution in [0, 0.1) is 3.57 Å². The molecule has 0 N–H and O–H groups in total. The smallest absolute Gasteiger partial charge is 0.147 e. The van der Waals surface area contributed by atoms with Crippen LogP contribution in [0.3, 0.4) is 0 Å². The normalized spacial score (nSPS) is 11.7. The number of pyridine rings is 1. The van der Waals surface area contributed by atoms with Gasteiger partial charge in [-0.05, 0) is 48.6 Å². The predicted molar refractivity (Wildman–Crippen MR) is 62.9 cm³/mol. The Morgan fingerprint density at radius 2 is 2.14 bits per heavy atom. The molecule has 0 unspecified atom stereocenters. The third-order valence-electron chi connectivity index (χ3n) is 1.88. The van der Waals surface area contributed by atoms with Crippen LogP contribution in [0.4, 0.5) is 0 Å². The summed E-state index contributed by atoms with van der Waals surface area (Å²) < 4.78 is 11.5. The number of hydrogen-bond acceptors (Lipinski definition) is 3. The summed E-state index contributed by atoms with van der Waals surface area (Å²) in [5.74, 6) is 0.